The molecule has 106 valence electrons. The normalized spacial score (nSPS) is 10.5. The van der Waals surface area contributed by atoms with E-state index >= 15 is 0 Å². The molecule has 0 saturated carbocycles. The lowest BCUT2D eigenvalue weighted by Crippen LogP contribution is -2.22. The summed E-state index contributed by atoms with van der Waals surface area (Å²) in [5.41, 5.74) is 2.32. The minimum absolute atomic E-state index is 0.775. The van der Waals surface area contributed by atoms with Crippen LogP contribution in [0, 0.1) is 0 Å². The average molecular weight is 270 g/mol. The van der Waals surface area contributed by atoms with Crippen LogP contribution in [0.1, 0.15) is 18.2 Å². The summed E-state index contributed by atoms with van der Waals surface area (Å²) in [6.45, 7) is 4.74. The second-order valence-electron chi connectivity index (χ2n) is 4.80. The highest BCUT2D eigenvalue weighted by Crippen LogP contribution is 2.08. The molecule has 0 aliphatic carbocycles. The van der Waals surface area contributed by atoms with Crippen molar-refractivity contribution in [3.05, 3.63) is 54.0 Å². The number of nitrogens with zero attached hydrogens (tertiary/aromatic N) is 3. The molecule has 1 heterocycles. The first kappa shape index (κ1) is 14.5. The lowest BCUT2D eigenvalue weighted by atomic mass is 10.1. The topological polar surface area (TPSA) is 41.1 Å². The highest BCUT2D eigenvalue weighted by atomic mass is 15.2. The van der Waals surface area contributed by atoms with Gasteiger partial charge in [-0.15, -0.1) is 0 Å². The molecule has 2 rings (SSSR count). The summed E-state index contributed by atoms with van der Waals surface area (Å²) in [5, 5.41) is 3.24. The molecule has 0 spiro atoms. The van der Waals surface area contributed by atoms with Crippen molar-refractivity contribution in [2.24, 2.45) is 0 Å². The Morgan fingerprint density at radius 3 is 2.55 bits per heavy atom. The number of nitrogens with one attached hydrogen (secondary N) is 1. The first-order chi connectivity index (χ1) is 9.79. The van der Waals surface area contributed by atoms with Crippen molar-refractivity contribution < 1.29 is 0 Å². The summed E-state index contributed by atoms with van der Waals surface area (Å²) in [6, 6.07) is 10.5. The lowest BCUT2D eigenvalue weighted by molar-refractivity contribution is 0.706. The van der Waals surface area contributed by atoms with Crippen LogP contribution in [-0.4, -0.2) is 30.1 Å². The Morgan fingerprint density at radius 2 is 1.90 bits per heavy atom. The molecule has 4 nitrogen and oxygen atoms in total. The van der Waals surface area contributed by atoms with Crippen molar-refractivity contribution in [3.63, 3.8) is 0 Å². The van der Waals surface area contributed by atoms with Crippen LogP contribution in [0.3, 0.4) is 0 Å². The molecule has 0 radical (unpaired) electrons. The van der Waals surface area contributed by atoms with Crippen molar-refractivity contribution in [1.82, 2.24) is 15.3 Å². The van der Waals surface area contributed by atoms with E-state index in [1.54, 1.807) is 0 Å². The summed E-state index contributed by atoms with van der Waals surface area (Å²) < 4.78 is 0. The minimum atomic E-state index is 0.775. The van der Waals surface area contributed by atoms with Crippen LogP contribution < -0.4 is 10.2 Å². The quantitative estimate of drug-likeness (QED) is 0.838. The van der Waals surface area contributed by atoms with E-state index in [9.17, 15) is 0 Å². The maximum Gasteiger partial charge on any atom is 0.146 e. The molecule has 1 aromatic heterocycles. The van der Waals surface area contributed by atoms with Gasteiger partial charge in [0.25, 0.3) is 0 Å². The molecule has 0 aliphatic rings. The van der Waals surface area contributed by atoms with E-state index in [0.29, 0.717) is 0 Å². The van der Waals surface area contributed by atoms with E-state index in [-0.39, 0.29) is 0 Å². The van der Waals surface area contributed by atoms with Gasteiger partial charge in [0, 0.05) is 20.1 Å². The molecule has 0 aliphatic heterocycles. The van der Waals surface area contributed by atoms with E-state index in [4.69, 9.17) is 0 Å². The molecule has 0 saturated heterocycles. The van der Waals surface area contributed by atoms with Gasteiger partial charge in [0.15, 0.2) is 0 Å². The first-order valence-electron chi connectivity index (χ1n) is 7.06. The van der Waals surface area contributed by atoms with E-state index in [1.807, 2.05) is 18.5 Å². The second kappa shape index (κ2) is 7.60. The van der Waals surface area contributed by atoms with Crippen LogP contribution in [0.4, 0.5) is 5.82 Å². The monoisotopic (exact) mass is 270 g/mol. The fourth-order valence-electron chi connectivity index (χ4n) is 1.95. The van der Waals surface area contributed by atoms with Gasteiger partial charge in [-0.3, -0.25) is 4.98 Å². The Morgan fingerprint density at radius 1 is 1.10 bits per heavy atom. The smallest absolute Gasteiger partial charge is 0.146 e. The SMILES string of the molecule is CCNCc1cnc(N(C)CCc2ccccc2)cn1. The van der Waals surface area contributed by atoms with Gasteiger partial charge < -0.3 is 10.2 Å². The van der Waals surface area contributed by atoms with Gasteiger partial charge in [0.2, 0.25) is 0 Å². The Hall–Kier alpha value is -1.94. The van der Waals surface area contributed by atoms with Crippen LogP contribution in [0.5, 0.6) is 0 Å². The summed E-state index contributed by atoms with van der Waals surface area (Å²) in [4.78, 5) is 11.0. The zero-order chi connectivity index (χ0) is 14.2. The highest BCUT2D eigenvalue weighted by Gasteiger charge is 2.03. The lowest BCUT2D eigenvalue weighted by Gasteiger charge is -2.17. The number of aromatic nitrogens is 2. The Kier molecular flexibility index (Phi) is 5.50. The van der Waals surface area contributed by atoms with E-state index in [2.05, 4.69) is 58.4 Å². The van der Waals surface area contributed by atoms with Crippen molar-refractivity contribution in [1.29, 1.82) is 0 Å². The zero-order valence-electron chi connectivity index (χ0n) is 12.2. The number of rotatable bonds is 7. The largest absolute Gasteiger partial charge is 0.358 e. The molecule has 0 amide bonds. The third-order valence-corrected chi connectivity index (χ3v) is 3.22. The Balaban J connectivity index is 1.87. The predicted molar refractivity (Wildman–Crippen MR) is 82.8 cm³/mol. The third kappa shape index (κ3) is 4.31. The Bertz CT molecular complexity index is 496. The molecule has 0 atom stereocenters. The van der Waals surface area contributed by atoms with Gasteiger partial charge in [0.05, 0.1) is 18.1 Å². The van der Waals surface area contributed by atoms with Crippen molar-refractivity contribution >= 4 is 5.82 Å². The molecule has 0 fully saturated rings. The summed E-state index contributed by atoms with van der Waals surface area (Å²) in [5.74, 6) is 0.918. The fourth-order valence-corrected chi connectivity index (χ4v) is 1.95. The molecular weight excluding hydrogens is 248 g/mol. The second-order valence-corrected chi connectivity index (χ2v) is 4.80. The van der Waals surface area contributed by atoms with Crippen LogP contribution in [0.15, 0.2) is 42.7 Å². The van der Waals surface area contributed by atoms with Gasteiger partial charge in [-0.1, -0.05) is 37.3 Å². The molecule has 1 aromatic carbocycles. The fraction of sp³-hybridized carbons (Fsp3) is 0.375. The van der Waals surface area contributed by atoms with E-state index in [0.717, 1.165) is 37.6 Å². The van der Waals surface area contributed by atoms with Gasteiger partial charge >= 0.3 is 0 Å². The third-order valence-electron chi connectivity index (χ3n) is 3.22. The highest BCUT2D eigenvalue weighted by molar-refractivity contribution is 5.34. The number of hydrogen-bond donors (Lipinski definition) is 1. The molecule has 4 heteroatoms. The van der Waals surface area contributed by atoms with Crippen molar-refractivity contribution in [2.45, 2.75) is 19.9 Å². The summed E-state index contributed by atoms with van der Waals surface area (Å²) >= 11 is 0. The molecule has 2 aromatic rings. The van der Waals surface area contributed by atoms with Crippen molar-refractivity contribution in [3.8, 4) is 0 Å². The van der Waals surface area contributed by atoms with Crippen LogP contribution in [-0.2, 0) is 13.0 Å². The molecule has 20 heavy (non-hydrogen) atoms. The number of likely N-dealkylation sites (N-methyl/N-ethyl adjacent to an activating group) is 1. The summed E-state index contributed by atoms with van der Waals surface area (Å²) in [6.07, 6.45) is 4.70. The van der Waals surface area contributed by atoms with Crippen LogP contribution >= 0.6 is 0 Å². The first-order valence-corrected chi connectivity index (χ1v) is 7.06. The standard InChI is InChI=1S/C16H22N4/c1-3-17-11-15-12-19-16(13-18-15)20(2)10-9-14-7-5-4-6-8-14/h4-8,12-13,17H,3,9-11H2,1-2H3. The maximum absolute atomic E-state index is 4.47. The van der Waals surface area contributed by atoms with Gasteiger partial charge in [-0.2, -0.15) is 0 Å². The van der Waals surface area contributed by atoms with E-state index in [1.165, 1.54) is 5.56 Å². The molecule has 1 N–H and O–H groups in total. The van der Waals surface area contributed by atoms with Crippen LogP contribution in [0.2, 0.25) is 0 Å². The van der Waals surface area contributed by atoms with Crippen molar-refractivity contribution in [2.75, 3.05) is 25.0 Å². The summed E-state index contributed by atoms with van der Waals surface area (Å²) in [7, 11) is 2.05. The molecular formula is C16H22N4. The number of hydrogen-bond acceptors (Lipinski definition) is 4. The Labute approximate surface area is 120 Å². The van der Waals surface area contributed by atoms with Crippen LogP contribution in [0.25, 0.3) is 0 Å². The maximum atomic E-state index is 4.47. The number of benzene rings is 1. The van der Waals surface area contributed by atoms with Gasteiger partial charge in [0.1, 0.15) is 5.82 Å². The minimum Gasteiger partial charge on any atom is -0.358 e. The van der Waals surface area contributed by atoms with E-state index < -0.39 is 0 Å². The van der Waals surface area contributed by atoms with Gasteiger partial charge in [-0.25, -0.2) is 4.98 Å². The molecule has 0 unspecified atom stereocenters. The number of anilines is 1. The average Bonchev–Trinajstić information content (AvgIpc) is 2.52. The molecule has 0 bridgehead atoms. The van der Waals surface area contributed by atoms with Gasteiger partial charge in [-0.05, 0) is 18.5 Å². The predicted octanol–water partition coefficient (Wildman–Crippen LogP) is 2.26. The zero-order valence-corrected chi connectivity index (χ0v) is 12.2.